The number of nitrogens with zero attached hydrogens (tertiary/aromatic N) is 3. The first-order valence-electron chi connectivity index (χ1n) is 7.96. The highest BCUT2D eigenvalue weighted by molar-refractivity contribution is 9.10. The average molecular weight is 345 g/mol. The van der Waals surface area contributed by atoms with Crippen LogP contribution in [-0.2, 0) is 4.74 Å². The number of hydrogen-bond acceptors (Lipinski definition) is 4. The minimum Gasteiger partial charge on any atom is -0.444 e. The zero-order chi connectivity index (χ0) is 17.4. The number of carbonyl (C=O) groups excluding carboxylic acids is 1. The van der Waals surface area contributed by atoms with Gasteiger partial charge in [0.2, 0.25) is 0 Å². The summed E-state index contributed by atoms with van der Waals surface area (Å²) in [7, 11) is 0. The van der Waals surface area contributed by atoms with E-state index >= 15 is 0 Å². The number of hydrogen-bond donors (Lipinski definition) is 0. The lowest BCUT2D eigenvalue weighted by molar-refractivity contribution is 0.0240. The molecule has 6 heteroatoms. The summed E-state index contributed by atoms with van der Waals surface area (Å²) in [5.41, 5.74) is -0.529. The molecule has 1 aromatic rings. The van der Waals surface area contributed by atoms with Gasteiger partial charge in [-0.2, -0.15) is 0 Å². The van der Waals surface area contributed by atoms with E-state index in [0.29, 0.717) is 32.0 Å². The number of piperazine rings is 1. The normalized spacial score (nSPS) is 18.3. The monoisotopic (exact) mass is 344 g/mol. The van der Waals surface area contributed by atoms with Gasteiger partial charge in [0.25, 0.3) is 0 Å². The molecule has 1 amide bonds. The minimum absolute atomic E-state index is 0.0658. The Balaban J connectivity index is 2.07. The molecule has 0 atom stereocenters. The van der Waals surface area contributed by atoms with E-state index in [0.717, 1.165) is 0 Å². The van der Waals surface area contributed by atoms with Crippen LogP contribution < -0.4 is 4.90 Å². The van der Waals surface area contributed by atoms with Crippen LogP contribution in [0.2, 0.25) is 0 Å². The van der Waals surface area contributed by atoms with Gasteiger partial charge in [0, 0.05) is 26.2 Å². The topological polar surface area (TPSA) is 45.7 Å². The Morgan fingerprint density at radius 3 is 2.60 bits per heavy atom. The van der Waals surface area contributed by atoms with Crippen LogP contribution >= 0.6 is 15.9 Å². The van der Waals surface area contributed by atoms with E-state index < -0.39 is 5.60 Å². The van der Waals surface area contributed by atoms with Gasteiger partial charge < -0.3 is 14.5 Å². The Morgan fingerprint density at radius 2 is 2.00 bits per heavy atom. The van der Waals surface area contributed by atoms with Crippen molar-refractivity contribution in [3.05, 3.63) is 22.7 Å². The largest absolute Gasteiger partial charge is 0.444 e. The van der Waals surface area contributed by atoms with Crippen molar-refractivity contribution in [1.82, 2.24) is 9.88 Å². The third-order valence-corrected chi connectivity index (χ3v) is 3.15. The summed E-state index contributed by atoms with van der Waals surface area (Å²) in [5, 5.41) is 0. The predicted octanol–water partition coefficient (Wildman–Crippen LogP) is 2.90. The molecule has 2 rings (SSSR count). The number of carbonyl (C=O) groups is 1. The maximum atomic E-state index is 12.0. The molecule has 2 heterocycles. The molecule has 0 spiro atoms. The van der Waals surface area contributed by atoms with Gasteiger partial charge in [0.15, 0.2) is 0 Å². The van der Waals surface area contributed by atoms with E-state index in [4.69, 9.17) is 8.85 Å². The van der Waals surface area contributed by atoms with Crippen LogP contribution in [0.3, 0.4) is 0 Å². The molecule has 1 saturated heterocycles. The van der Waals surface area contributed by atoms with Crippen molar-refractivity contribution < 1.29 is 13.6 Å². The summed E-state index contributed by atoms with van der Waals surface area (Å²) in [4.78, 5) is 19.7. The molecule has 1 aromatic heterocycles. The Hall–Kier alpha value is -1.30. The van der Waals surface area contributed by atoms with Crippen LogP contribution in [0.25, 0.3) is 0 Å². The smallest absolute Gasteiger partial charge is 0.410 e. The molecule has 0 aromatic carbocycles. The average Bonchev–Trinajstić information content (AvgIpc) is 2.47. The maximum Gasteiger partial charge on any atom is 0.410 e. The van der Waals surface area contributed by atoms with Gasteiger partial charge in [0.05, 0.1) is 4.11 Å². The van der Waals surface area contributed by atoms with Gasteiger partial charge in [-0.1, -0.05) is 6.04 Å². The van der Waals surface area contributed by atoms with Crippen molar-refractivity contribution >= 4 is 27.8 Å². The first-order chi connectivity index (χ1) is 10.6. The van der Waals surface area contributed by atoms with Crippen molar-refractivity contribution in [3.63, 3.8) is 0 Å². The van der Waals surface area contributed by atoms with E-state index in [1.54, 1.807) is 4.90 Å². The fraction of sp³-hybridized carbons (Fsp3) is 0.571. The number of rotatable bonds is 1. The van der Waals surface area contributed by atoms with Crippen LogP contribution in [0.5, 0.6) is 0 Å². The van der Waals surface area contributed by atoms with Crippen LogP contribution in [0.15, 0.2) is 22.7 Å². The number of amides is 1. The van der Waals surface area contributed by atoms with Gasteiger partial charge >= 0.3 is 6.09 Å². The van der Waals surface area contributed by atoms with E-state index in [1.165, 1.54) is 0 Å². The van der Waals surface area contributed by atoms with Crippen molar-refractivity contribution in [2.24, 2.45) is 0 Å². The molecule has 0 unspecified atom stereocenters. The molecule has 110 valence electrons. The van der Waals surface area contributed by atoms with Gasteiger partial charge in [0.1, 0.15) is 16.0 Å². The van der Waals surface area contributed by atoms with Crippen molar-refractivity contribution in [2.45, 2.75) is 26.4 Å². The summed E-state index contributed by atoms with van der Waals surface area (Å²) in [6, 6.07) is -0.313. The molecular weight excluding hydrogens is 322 g/mol. The van der Waals surface area contributed by atoms with E-state index in [1.807, 2.05) is 25.7 Å². The lowest BCUT2D eigenvalue weighted by Crippen LogP contribution is -2.50. The summed E-state index contributed by atoms with van der Waals surface area (Å²) in [5.74, 6) is 0.363. The highest BCUT2D eigenvalue weighted by atomic mass is 79.9. The van der Waals surface area contributed by atoms with Crippen LogP contribution in [0.4, 0.5) is 10.6 Å². The number of halogens is 1. The SMILES string of the molecule is [2H]c1c(Br)nc(N2CCN(C(=O)OC(C)(C)C)CC2)c([2H])c1[2H]. The fourth-order valence-electron chi connectivity index (χ4n) is 1.86. The first-order valence-corrected chi connectivity index (χ1v) is 7.25. The summed E-state index contributed by atoms with van der Waals surface area (Å²) < 4.78 is 29.0. The first kappa shape index (κ1) is 11.4. The predicted molar refractivity (Wildman–Crippen MR) is 82.0 cm³/mol. The van der Waals surface area contributed by atoms with Crippen molar-refractivity contribution in [3.8, 4) is 0 Å². The van der Waals surface area contributed by atoms with E-state index in [2.05, 4.69) is 20.9 Å². The van der Waals surface area contributed by atoms with Gasteiger partial charge in [-0.15, -0.1) is 0 Å². The van der Waals surface area contributed by atoms with Crippen molar-refractivity contribution in [1.29, 1.82) is 0 Å². The quantitative estimate of drug-likeness (QED) is 0.735. The van der Waals surface area contributed by atoms with Crippen LogP contribution in [0.1, 0.15) is 24.9 Å². The van der Waals surface area contributed by atoms with Crippen LogP contribution in [0, 0.1) is 0 Å². The van der Waals surface area contributed by atoms with E-state index in [9.17, 15) is 4.79 Å². The molecule has 1 aliphatic heterocycles. The lowest BCUT2D eigenvalue weighted by Gasteiger charge is -2.36. The maximum absolute atomic E-state index is 12.0. The lowest BCUT2D eigenvalue weighted by atomic mass is 10.2. The molecule has 0 aliphatic carbocycles. The van der Waals surface area contributed by atoms with Gasteiger partial charge in [-0.05, 0) is 48.8 Å². The van der Waals surface area contributed by atoms with Gasteiger partial charge in [-0.3, -0.25) is 0 Å². The number of aromatic nitrogens is 1. The summed E-state index contributed by atoms with van der Waals surface area (Å²) in [6.45, 7) is 7.41. The summed E-state index contributed by atoms with van der Waals surface area (Å²) in [6.07, 6.45) is -0.347. The summed E-state index contributed by atoms with van der Waals surface area (Å²) >= 11 is 3.15. The third-order valence-electron chi connectivity index (χ3n) is 2.77. The second kappa shape index (κ2) is 5.99. The Kier molecular flexibility index (Phi) is 3.41. The molecule has 0 radical (unpaired) electrons. The fourth-order valence-corrected chi connectivity index (χ4v) is 2.13. The number of anilines is 1. The third kappa shape index (κ3) is 4.10. The van der Waals surface area contributed by atoms with E-state index in [-0.39, 0.29) is 28.8 Å². The molecule has 20 heavy (non-hydrogen) atoms. The minimum atomic E-state index is -0.529. The molecule has 5 nitrogen and oxygen atoms in total. The highest BCUT2D eigenvalue weighted by Crippen LogP contribution is 2.18. The molecular formula is C14H20BrN3O2. The number of ether oxygens (including phenoxy) is 1. The zero-order valence-electron chi connectivity index (χ0n) is 14.9. The molecule has 1 aliphatic rings. The van der Waals surface area contributed by atoms with Gasteiger partial charge in [-0.25, -0.2) is 9.78 Å². The Labute approximate surface area is 132 Å². The standard InChI is InChI=1S/C14H20BrN3O2/c1-14(2,3)20-13(19)18-9-7-17(8-10-18)12-6-4-5-11(15)16-12/h4-6H,7-10H2,1-3H3/i4D,5D,6D. The second-order valence-corrected chi connectivity index (χ2v) is 6.31. The molecule has 0 saturated carbocycles. The second-order valence-electron chi connectivity index (χ2n) is 5.56. The number of pyridine rings is 1. The highest BCUT2D eigenvalue weighted by Gasteiger charge is 2.26. The zero-order valence-corrected chi connectivity index (χ0v) is 13.5. The van der Waals surface area contributed by atoms with Crippen LogP contribution in [-0.4, -0.2) is 47.8 Å². The molecule has 0 bridgehead atoms. The Morgan fingerprint density at radius 1 is 1.35 bits per heavy atom. The van der Waals surface area contributed by atoms with Crippen molar-refractivity contribution in [2.75, 3.05) is 31.1 Å². The Bertz CT molecular complexity index is 614. The molecule has 1 fully saturated rings. The molecule has 0 N–H and O–H groups in total.